The van der Waals surface area contributed by atoms with Gasteiger partial charge in [0.25, 0.3) is 0 Å². The maximum Gasteiger partial charge on any atom is 0.509 e. The molecule has 4 unspecified atom stereocenters. The van der Waals surface area contributed by atoms with Crippen molar-refractivity contribution in [3.05, 3.63) is 6.92 Å². The fourth-order valence-corrected chi connectivity index (χ4v) is 0.680. The number of carbonyl (C=O) groups excluding carboxylic acids is 2. The number of carbonyl (C=O) groups is 2. The number of halogens is 1. The molecule has 0 spiro atoms. The molecule has 1 saturated heterocycles. The van der Waals surface area contributed by atoms with E-state index in [4.69, 9.17) is 10.2 Å². The third-order valence-electron chi connectivity index (χ3n) is 2.14. The van der Waals surface area contributed by atoms with Crippen molar-refractivity contribution < 1.29 is 34.0 Å². The van der Waals surface area contributed by atoms with Gasteiger partial charge in [0.2, 0.25) is 6.61 Å². The highest BCUT2D eigenvalue weighted by Crippen LogP contribution is 2.12. The highest BCUT2D eigenvalue weighted by molar-refractivity contribution is 6.61. The first kappa shape index (κ1) is 21.1. The molecule has 8 heteroatoms. The Morgan fingerprint density at radius 3 is 1.70 bits per heavy atom. The lowest BCUT2D eigenvalue weighted by Gasteiger charge is -2.03. The molecule has 1 aliphatic heterocycles. The Morgan fingerprint density at radius 1 is 1.30 bits per heavy atom. The van der Waals surface area contributed by atoms with Crippen LogP contribution in [0, 0.1) is 6.92 Å². The third kappa shape index (κ3) is 13.3. The number of ether oxygens (including phenoxy) is 3. The lowest BCUT2D eigenvalue weighted by Crippen LogP contribution is -2.17. The summed E-state index contributed by atoms with van der Waals surface area (Å²) in [6, 6.07) is 0. The topological polar surface area (TPSA) is 102 Å². The number of hydrogen-bond acceptors (Lipinski definition) is 7. The van der Waals surface area contributed by atoms with Crippen molar-refractivity contribution in [3.63, 3.8) is 0 Å². The summed E-state index contributed by atoms with van der Waals surface area (Å²) in [6.07, 6.45) is -1.90. The lowest BCUT2D eigenvalue weighted by molar-refractivity contribution is 0.0438. The number of hydrogen-bond donors (Lipinski definition) is 2. The Bertz CT molecular complexity index is 263. The predicted octanol–water partition coefficient (Wildman–Crippen LogP) is 1.87. The van der Waals surface area contributed by atoms with Crippen molar-refractivity contribution in [2.24, 2.45) is 0 Å². The maximum absolute atomic E-state index is 10.2. The Hall–Kier alpha value is -1.18. The molecule has 0 amide bonds. The zero-order valence-corrected chi connectivity index (χ0v) is 12.8. The van der Waals surface area contributed by atoms with Gasteiger partial charge in [0, 0.05) is 11.6 Å². The van der Waals surface area contributed by atoms with Crippen molar-refractivity contribution in [1.82, 2.24) is 0 Å². The van der Waals surface area contributed by atoms with Crippen LogP contribution >= 0.6 is 11.6 Å². The molecular weight excluding hydrogens is 292 g/mol. The van der Waals surface area contributed by atoms with E-state index in [9.17, 15) is 9.59 Å². The monoisotopic (exact) mass is 313 g/mol. The molecule has 0 aliphatic carbocycles. The molecule has 1 heterocycles. The van der Waals surface area contributed by atoms with E-state index in [1.807, 2.05) is 0 Å². The molecule has 20 heavy (non-hydrogen) atoms. The normalized spacial score (nSPS) is 22.9. The molecule has 0 bridgehead atoms. The molecule has 2 N–H and O–H groups in total. The minimum Gasteiger partial charge on any atom is -0.427 e. The maximum atomic E-state index is 10.2. The number of aliphatic hydroxyl groups is 2. The summed E-state index contributed by atoms with van der Waals surface area (Å²) in [5.74, 6) is 0. The van der Waals surface area contributed by atoms with Crippen molar-refractivity contribution in [1.29, 1.82) is 0 Å². The lowest BCUT2D eigenvalue weighted by atomic mass is 10.3. The molecule has 0 saturated carbocycles. The summed E-state index contributed by atoms with van der Waals surface area (Å²) >= 11 is 4.68. The highest BCUT2D eigenvalue weighted by Gasteiger charge is 2.28. The first-order chi connectivity index (χ1) is 9.11. The fourth-order valence-electron chi connectivity index (χ4n) is 0.603. The SMILES string of the molecule is CC(O)C(C)O.CC1OC(=O)OC1C.[CH2+]COC(=O)Cl. The molecule has 0 aromatic heterocycles. The van der Waals surface area contributed by atoms with Crippen LogP contribution in [0.15, 0.2) is 0 Å². The first-order valence-electron chi connectivity index (χ1n) is 5.96. The van der Waals surface area contributed by atoms with Crippen LogP contribution in [0.2, 0.25) is 0 Å². The summed E-state index contributed by atoms with van der Waals surface area (Å²) in [5, 5.41) is 16.8. The van der Waals surface area contributed by atoms with Crippen LogP contribution in [0.25, 0.3) is 0 Å². The minimum atomic E-state index is -0.801. The summed E-state index contributed by atoms with van der Waals surface area (Å²) in [4.78, 5) is 19.8. The van der Waals surface area contributed by atoms with Gasteiger partial charge in [0.15, 0.2) is 0 Å². The summed E-state index contributed by atoms with van der Waals surface area (Å²) in [5.41, 5.74) is -0.801. The van der Waals surface area contributed by atoms with Gasteiger partial charge in [-0.1, -0.05) is 0 Å². The van der Waals surface area contributed by atoms with E-state index in [0.29, 0.717) is 0 Å². The van der Waals surface area contributed by atoms with Gasteiger partial charge in [-0.25, -0.2) is 9.59 Å². The smallest absolute Gasteiger partial charge is 0.427 e. The Kier molecular flexibility index (Phi) is 12.3. The summed E-state index contributed by atoms with van der Waals surface area (Å²) < 4.78 is 13.3. The van der Waals surface area contributed by atoms with Crippen LogP contribution in [0.4, 0.5) is 9.59 Å². The van der Waals surface area contributed by atoms with E-state index >= 15 is 0 Å². The Labute approximate surface area is 123 Å². The standard InChI is InChI=1S/C5H8O3.C4H10O2.C3H4ClO2/c1-3-4(2)8-5(6)7-3;1-3(5)4(2)6;1-2-6-3(4)5/h3-4H,1-2H3;3-6H,1-2H3;1-2H2/q;;+1. The average Bonchev–Trinajstić information content (AvgIpc) is 2.57. The second kappa shape index (κ2) is 11.6. The quantitative estimate of drug-likeness (QED) is 0.456. The molecular formula is C12H22ClO7+. The van der Waals surface area contributed by atoms with Crippen LogP contribution < -0.4 is 0 Å². The molecule has 1 aliphatic rings. The van der Waals surface area contributed by atoms with Gasteiger partial charge >= 0.3 is 11.6 Å². The van der Waals surface area contributed by atoms with E-state index in [2.05, 4.69) is 32.7 Å². The third-order valence-corrected chi connectivity index (χ3v) is 2.25. The molecule has 118 valence electrons. The number of cyclic esters (lactones) is 2. The molecule has 4 atom stereocenters. The average molecular weight is 314 g/mol. The van der Waals surface area contributed by atoms with Gasteiger partial charge in [-0.05, 0) is 27.7 Å². The Balaban J connectivity index is 0. The molecule has 1 rings (SSSR count). The van der Waals surface area contributed by atoms with E-state index < -0.39 is 23.8 Å². The van der Waals surface area contributed by atoms with Crippen molar-refractivity contribution >= 4 is 23.2 Å². The van der Waals surface area contributed by atoms with E-state index in [1.54, 1.807) is 27.7 Å². The van der Waals surface area contributed by atoms with Crippen LogP contribution in [-0.4, -0.2) is 52.8 Å². The highest BCUT2D eigenvalue weighted by atomic mass is 35.5. The van der Waals surface area contributed by atoms with Crippen molar-refractivity contribution in [2.75, 3.05) is 6.61 Å². The first-order valence-corrected chi connectivity index (χ1v) is 6.34. The van der Waals surface area contributed by atoms with E-state index in [0.717, 1.165) is 0 Å². The predicted molar refractivity (Wildman–Crippen MR) is 72.4 cm³/mol. The minimum absolute atomic E-state index is 0.0810. The largest absolute Gasteiger partial charge is 0.509 e. The van der Waals surface area contributed by atoms with Crippen molar-refractivity contribution in [2.45, 2.75) is 52.1 Å². The fraction of sp³-hybridized carbons (Fsp3) is 0.750. The van der Waals surface area contributed by atoms with Crippen molar-refractivity contribution in [3.8, 4) is 0 Å². The van der Waals surface area contributed by atoms with Crippen LogP contribution in [-0.2, 0) is 14.2 Å². The molecule has 1 fully saturated rings. The van der Waals surface area contributed by atoms with Gasteiger partial charge in [-0.3, -0.25) is 0 Å². The van der Waals surface area contributed by atoms with E-state index in [-0.39, 0.29) is 18.8 Å². The van der Waals surface area contributed by atoms with Crippen LogP contribution in [0.3, 0.4) is 0 Å². The number of aliphatic hydroxyl groups excluding tert-OH is 2. The van der Waals surface area contributed by atoms with Crippen LogP contribution in [0.5, 0.6) is 0 Å². The van der Waals surface area contributed by atoms with Gasteiger partial charge < -0.3 is 24.4 Å². The molecule has 7 nitrogen and oxygen atoms in total. The van der Waals surface area contributed by atoms with Crippen LogP contribution in [0.1, 0.15) is 27.7 Å². The number of rotatable bonds is 2. The van der Waals surface area contributed by atoms with Gasteiger partial charge in [0.1, 0.15) is 19.1 Å². The van der Waals surface area contributed by atoms with Gasteiger partial charge in [0.05, 0.1) is 12.2 Å². The van der Waals surface area contributed by atoms with Gasteiger partial charge in [-0.2, -0.15) is 0 Å². The van der Waals surface area contributed by atoms with E-state index in [1.165, 1.54) is 0 Å². The molecule has 0 aromatic carbocycles. The van der Waals surface area contributed by atoms with Gasteiger partial charge in [-0.15, -0.1) is 0 Å². The zero-order chi connectivity index (χ0) is 16.3. The zero-order valence-electron chi connectivity index (χ0n) is 12.0. The Morgan fingerprint density at radius 2 is 1.65 bits per heavy atom. The molecule has 0 radical (unpaired) electrons. The summed E-state index contributed by atoms with van der Waals surface area (Å²) in [7, 11) is 0. The second-order valence-corrected chi connectivity index (χ2v) is 4.27. The molecule has 0 aromatic rings. The summed E-state index contributed by atoms with van der Waals surface area (Å²) in [6.45, 7) is 9.99. The second-order valence-electron chi connectivity index (χ2n) is 3.96.